The molecule has 0 fully saturated rings. The molecule has 0 aromatic heterocycles. The molecule has 1 aromatic rings. The summed E-state index contributed by atoms with van der Waals surface area (Å²) < 4.78 is 26.5. The van der Waals surface area contributed by atoms with Crippen LogP contribution in [0.3, 0.4) is 0 Å². The Morgan fingerprint density at radius 3 is 2.63 bits per heavy atom. The van der Waals surface area contributed by atoms with Crippen molar-refractivity contribution in [1.82, 2.24) is 9.62 Å². The zero-order chi connectivity index (χ0) is 14.6. The van der Waals surface area contributed by atoms with Gasteiger partial charge in [-0.2, -0.15) is 4.31 Å². The Kier molecular flexibility index (Phi) is 5.51. The summed E-state index contributed by atoms with van der Waals surface area (Å²) in [6.45, 7) is 3.79. The van der Waals surface area contributed by atoms with E-state index in [9.17, 15) is 13.2 Å². The fourth-order valence-electron chi connectivity index (χ4n) is 1.56. The SMILES string of the molecule is CCNC(=O)CN(C)S(=O)(=O)c1cc(Br)ccc1C. The summed E-state index contributed by atoms with van der Waals surface area (Å²) in [5.41, 5.74) is 0.644. The summed E-state index contributed by atoms with van der Waals surface area (Å²) in [4.78, 5) is 11.7. The first-order valence-electron chi connectivity index (χ1n) is 5.78. The van der Waals surface area contributed by atoms with Gasteiger partial charge in [-0.3, -0.25) is 4.79 Å². The van der Waals surface area contributed by atoms with Crippen LogP contribution in [0.15, 0.2) is 27.6 Å². The summed E-state index contributed by atoms with van der Waals surface area (Å²) in [5.74, 6) is -0.318. The van der Waals surface area contributed by atoms with Crippen LogP contribution in [0.5, 0.6) is 0 Å². The minimum atomic E-state index is -3.66. The number of likely N-dealkylation sites (N-methyl/N-ethyl adjacent to an activating group) is 2. The highest BCUT2D eigenvalue weighted by atomic mass is 79.9. The maximum absolute atomic E-state index is 12.4. The molecule has 0 radical (unpaired) electrons. The van der Waals surface area contributed by atoms with Crippen LogP contribution in [0.4, 0.5) is 0 Å². The van der Waals surface area contributed by atoms with Gasteiger partial charge < -0.3 is 5.32 Å². The standard InChI is InChI=1S/C12H17BrN2O3S/c1-4-14-12(16)8-15(3)19(17,18)11-7-10(13)6-5-9(11)2/h5-7H,4,8H2,1-3H3,(H,14,16). The molecule has 0 saturated carbocycles. The van der Waals surface area contributed by atoms with Crippen LogP contribution < -0.4 is 5.32 Å². The molecule has 1 rings (SSSR count). The molecule has 0 atom stereocenters. The van der Waals surface area contributed by atoms with E-state index in [1.807, 2.05) is 0 Å². The molecular weight excluding hydrogens is 332 g/mol. The van der Waals surface area contributed by atoms with Gasteiger partial charge in [0.05, 0.1) is 11.4 Å². The van der Waals surface area contributed by atoms with Crippen molar-refractivity contribution < 1.29 is 13.2 Å². The fourth-order valence-corrected chi connectivity index (χ4v) is 3.45. The van der Waals surface area contributed by atoms with Crippen molar-refractivity contribution in [2.45, 2.75) is 18.7 Å². The number of carbonyl (C=O) groups is 1. The van der Waals surface area contributed by atoms with Crippen molar-refractivity contribution in [2.75, 3.05) is 20.1 Å². The predicted molar refractivity (Wildman–Crippen MR) is 77.4 cm³/mol. The molecule has 0 unspecified atom stereocenters. The number of aryl methyl sites for hydroxylation is 1. The fraction of sp³-hybridized carbons (Fsp3) is 0.417. The maximum Gasteiger partial charge on any atom is 0.243 e. The number of amides is 1. The first kappa shape index (κ1) is 16.1. The number of hydrogen-bond acceptors (Lipinski definition) is 3. The van der Waals surface area contributed by atoms with Crippen LogP contribution in [0, 0.1) is 6.92 Å². The van der Waals surface area contributed by atoms with Crippen LogP contribution in [-0.4, -0.2) is 38.8 Å². The number of benzene rings is 1. The largest absolute Gasteiger partial charge is 0.355 e. The number of sulfonamides is 1. The third kappa shape index (κ3) is 4.02. The average molecular weight is 349 g/mol. The second-order valence-corrected chi connectivity index (χ2v) is 7.05. The van der Waals surface area contributed by atoms with E-state index in [4.69, 9.17) is 0 Å². The van der Waals surface area contributed by atoms with E-state index in [1.165, 1.54) is 7.05 Å². The minimum Gasteiger partial charge on any atom is -0.355 e. The molecule has 19 heavy (non-hydrogen) atoms. The highest BCUT2D eigenvalue weighted by Gasteiger charge is 2.24. The number of hydrogen-bond donors (Lipinski definition) is 1. The summed E-state index contributed by atoms with van der Waals surface area (Å²) >= 11 is 3.25. The molecule has 0 aliphatic carbocycles. The number of carbonyl (C=O) groups excluding carboxylic acids is 1. The van der Waals surface area contributed by atoms with Crippen LogP contribution in [0.25, 0.3) is 0 Å². The molecule has 0 aliphatic rings. The van der Waals surface area contributed by atoms with Gasteiger partial charge in [0.2, 0.25) is 15.9 Å². The molecule has 1 aromatic carbocycles. The quantitative estimate of drug-likeness (QED) is 0.876. The zero-order valence-corrected chi connectivity index (χ0v) is 13.5. The van der Waals surface area contributed by atoms with Crippen molar-refractivity contribution in [2.24, 2.45) is 0 Å². The molecule has 0 aliphatic heterocycles. The Morgan fingerprint density at radius 1 is 1.42 bits per heavy atom. The Labute approximate surface area is 122 Å². The van der Waals surface area contributed by atoms with E-state index in [2.05, 4.69) is 21.2 Å². The lowest BCUT2D eigenvalue weighted by molar-refractivity contribution is -0.121. The molecule has 5 nitrogen and oxygen atoms in total. The van der Waals surface area contributed by atoms with Crippen molar-refractivity contribution in [3.8, 4) is 0 Å². The van der Waals surface area contributed by atoms with Gasteiger partial charge in [0.1, 0.15) is 0 Å². The number of nitrogens with one attached hydrogen (secondary N) is 1. The van der Waals surface area contributed by atoms with E-state index in [-0.39, 0.29) is 17.3 Å². The average Bonchev–Trinajstić information content (AvgIpc) is 2.32. The Bertz CT molecular complexity index is 572. The maximum atomic E-state index is 12.4. The summed E-state index contributed by atoms with van der Waals surface area (Å²) in [7, 11) is -2.27. The second kappa shape index (κ2) is 6.49. The topological polar surface area (TPSA) is 66.5 Å². The van der Waals surface area contributed by atoms with Gasteiger partial charge >= 0.3 is 0 Å². The third-order valence-electron chi connectivity index (χ3n) is 2.58. The summed E-state index contributed by atoms with van der Waals surface area (Å²) in [5, 5.41) is 2.57. The molecule has 0 bridgehead atoms. The van der Waals surface area contributed by atoms with Gasteiger partial charge in [0, 0.05) is 18.1 Å². The molecule has 0 saturated heterocycles. The van der Waals surface area contributed by atoms with E-state index in [1.54, 1.807) is 32.0 Å². The number of rotatable bonds is 5. The van der Waals surface area contributed by atoms with Crippen LogP contribution in [0.2, 0.25) is 0 Å². The lowest BCUT2D eigenvalue weighted by Crippen LogP contribution is -2.38. The van der Waals surface area contributed by atoms with Crippen LogP contribution in [0.1, 0.15) is 12.5 Å². The van der Waals surface area contributed by atoms with Gasteiger partial charge in [0.25, 0.3) is 0 Å². The lowest BCUT2D eigenvalue weighted by atomic mass is 10.2. The number of halogens is 1. The lowest BCUT2D eigenvalue weighted by Gasteiger charge is -2.18. The highest BCUT2D eigenvalue weighted by molar-refractivity contribution is 9.10. The highest BCUT2D eigenvalue weighted by Crippen LogP contribution is 2.22. The third-order valence-corrected chi connectivity index (χ3v) is 5.02. The smallest absolute Gasteiger partial charge is 0.243 e. The predicted octanol–water partition coefficient (Wildman–Crippen LogP) is 1.51. The first-order valence-corrected chi connectivity index (χ1v) is 8.01. The van der Waals surface area contributed by atoms with Crippen molar-refractivity contribution in [3.05, 3.63) is 28.2 Å². The van der Waals surface area contributed by atoms with Gasteiger partial charge in [-0.25, -0.2) is 8.42 Å². The normalized spacial score (nSPS) is 11.6. The Hall–Kier alpha value is -0.920. The van der Waals surface area contributed by atoms with Crippen molar-refractivity contribution in [1.29, 1.82) is 0 Å². The monoisotopic (exact) mass is 348 g/mol. The van der Waals surface area contributed by atoms with E-state index < -0.39 is 10.0 Å². The Balaban J connectivity index is 3.03. The molecular formula is C12H17BrN2O3S. The van der Waals surface area contributed by atoms with Gasteiger partial charge in [-0.05, 0) is 31.5 Å². The molecule has 106 valence electrons. The van der Waals surface area contributed by atoms with E-state index >= 15 is 0 Å². The molecule has 0 heterocycles. The number of nitrogens with zero attached hydrogens (tertiary/aromatic N) is 1. The van der Waals surface area contributed by atoms with Gasteiger partial charge in [-0.1, -0.05) is 22.0 Å². The minimum absolute atomic E-state index is 0.192. The summed E-state index contributed by atoms with van der Waals surface area (Å²) in [6, 6.07) is 5.04. The van der Waals surface area contributed by atoms with Crippen molar-refractivity contribution in [3.63, 3.8) is 0 Å². The van der Waals surface area contributed by atoms with Gasteiger partial charge in [0.15, 0.2) is 0 Å². The zero-order valence-electron chi connectivity index (χ0n) is 11.1. The molecule has 1 amide bonds. The molecule has 0 spiro atoms. The molecule has 1 N–H and O–H groups in total. The summed E-state index contributed by atoms with van der Waals surface area (Å²) in [6.07, 6.45) is 0. The molecule has 7 heteroatoms. The van der Waals surface area contributed by atoms with E-state index in [0.717, 1.165) is 4.31 Å². The van der Waals surface area contributed by atoms with Crippen molar-refractivity contribution >= 4 is 31.9 Å². The van der Waals surface area contributed by atoms with E-state index in [0.29, 0.717) is 16.6 Å². The second-order valence-electron chi connectivity index (χ2n) is 4.12. The van der Waals surface area contributed by atoms with Crippen LogP contribution >= 0.6 is 15.9 Å². The van der Waals surface area contributed by atoms with Gasteiger partial charge in [-0.15, -0.1) is 0 Å². The first-order chi connectivity index (χ1) is 8.78. The Morgan fingerprint density at radius 2 is 2.05 bits per heavy atom. The van der Waals surface area contributed by atoms with Crippen LogP contribution in [-0.2, 0) is 14.8 Å².